The molecule has 1 fully saturated rings. The minimum Gasteiger partial charge on any atom is -0.308 e. The highest BCUT2D eigenvalue weighted by Gasteiger charge is 2.19. The van der Waals surface area contributed by atoms with Crippen LogP contribution >= 0.6 is 0 Å². The fourth-order valence-electron chi connectivity index (χ4n) is 4.78. The summed E-state index contributed by atoms with van der Waals surface area (Å²) < 4.78 is 2.28. The minimum atomic E-state index is 0.707. The van der Waals surface area contributed by atoms with Gasteiger partial charge in [0.15, 0.2) is 5.65 Å². The van der Waals surface area contributed by atoms with Gasteiger partial charge < -0.3 is 4.57 Å². The lowest BCUT2D eigenvalue weighted by molar-refractivity contribution is 0.108. The summed E-state index contributed by atoms with van der Waals surface area (Å²) in [6.07, 6.45) is 6.70. The van der Waals surface area contributed by atoms with Gasteiger partial charge in [-0.3, -0.25) is 9.80 Å². The smallest absolute Gasteiger partial charge is 0.160 e. The number of pyridine rings is 1. The van der Waals surface area contributed by atoms with Crippen LogP contribution in [0.2, 0.25) is 0 Å². The molecular weight excluding hydrogens is 406 g/mol. The highest BCUT2D eigenvalue weighted by atomic mass is 15.3. The zero-order chi connectivity index (χ0) is 23.4. The van der Waals surface area contributed by atoms with Crippen LogP contribution in [0.25, 0.3) is 17.2 Å². The highest BCUT2D eigenvalue weighted by molar-refractivity contribution is 5.76. The number of fused-ring (bicyclic) bond motifs is 1. The fraction of sp³-hybridized carbons (Fsp3) is 0.500. The van der Waals surface area contributed by atoms with E-state index in [-0.39, 0.29) is 0 Å². The molecule has 1 saturated heterocycles. The second-order valence-corrected chi connectivity index (χ2v) is 9.46. The summed E-state index contributed by atoms with van der Waals surface area (Å²) in [6, 6.07) is 11.7. The Morgan fingerprint density at radius 3 is 2.39 bits per heavy atom. The Labute approximate surface area is 199 Å². The number of benzene rings is 1. The van der Waals surface area contributed by atoms with Gasteiger partial charge in [0.2, 0.25) is 0 Å². The van der Waals surface area contributed by atoms with Crippen molar-refractivity contribution in [3.05, 3.63) is 64.6 Å². The maximum absolute atomic E-state index is 4.87. The standard InChI is InChI=1S/C28H39N5/c1-6-23(5)32-17-15-31(16-18-32)14-8-9-24-10-12-25(13-11-24)20-33-26(7-2)30-27-21(3)19-22(4)29-28(27)33/h8-13,19,23H,6-7,14-18,20H2,1-5H3. The zero-order valence-electron chi connectivity index (χ0n) is 21.0. The molecular formula is C28H39N5. The Morgan fingerprint density at radius 2 is 1.73 bits per heavy atom. The van der Waals surface area contributed by atoms with Crippen molar-refractivity contribution in [3.8, 4) is 0 Å². The first-order chi connectivity index (χ1) is 16.0. The Balaban J connectivity index is 1.38. The molecule has 5 heteroatoms. The SMILES string of the molecule is CCc1nc2c(C)cc(C)nc2n1Cc1ccc(C=CCN2CCN(C(C)CC)CC2)cc1. The first-order valence-electron chi connectivity index (χ1n) is 12.5. The van der Waals surface area contributed by atoms with E-state index in [1.165, 1.54) is 49.3 Å². The Hall–Kier alpha value is -2.50. The van der Waals surface area contributed by atoms with Gasteiger partial charge >= 0.3 is 0 Å². The summed E-state index contributed by atoms with van der Waals surface area (Å²) in [7, 11) is 0. The maximum atomic E-state index is 4.87. The molecule has 2 aromatic heterocycles. The monoisotopic (exact) mass is 445 g/mol. The number of rotatable bonds is 8. The number of aromatic nitrogens is 3. The van der Waals surface area contributed by atoms with Gasteiger partial charge in [-0.1, -0.05) is 50.3 Å². The number of nitrogens with zero attached hydrogens (tertiary/aromatic N) is 5. The summed E-state index contributed by atoms with van der Waals surface area (Å²) in [5, 5.41) is 0. The van der Waals surface area contributed by atoms with Gasteiger partial charge in [0.05, 0.1) is 6.54 Å². The van der Waals surface area contributed by atoms with Crippen LogP contribution in [0.1, 0.15) is 55.4 Å². The highest BCUT2D eigenvalue weighted by Crippen LogP contribution is 2.21. The third kappa shape index (κ3) is 5.53. The predicted molar refractivity (Wildman–Crippen MR) is 139 cm³/mol. The van der Waals surface area contributed by atoms with Crippen LogP contribution in [0, 0.1) is 13.8 Å². The third-order valence-corrected chi connectivity index (χ3v) is 7.03. The van der Waals surface area contributed by atoms with E-state index in [0.29, 0.717) is 6.04 Å². The van der Waals surface area contributed by atoms with Crippen molar-refractivity contribution in [2.75, 3.05) is 32.7 Å². The van der Waals surface area contributed by atoms with Crippen molar-refractivity contribution in [2.24, 2.45) is 0 Å². The van der Waals surface area contributed by atoms with Crippen LogP contribution in [0.5, 0.6) is 0 Å². The molecule has 0 bridgehead atoms. The fourth-order valence-corrected chi connectivity index (χ4v) is 4.78. The molecule has 33 heavy (non-hydrogen) atoms. The van der Waals surface area contributed by atoms with E-state index in [9.17, 15) is 0 Å². The van der Waals surface area contributed by atoms with Crippen molar-refractivity contribution >= 4 is 17.2 Å². The lowest BCUT2D eigenvalue weighted by atomic mass is 10.1. The van der Waals surface area contributed by atoms with E-state index in [1.807, 2.05) is 0 Å². The van der Waals surface area contributed by atoms with Crippen molar-refractivity contribution in [1.29, 1.82) is 0 Å². The number of piperazine rings is 1. The number of hydrogen-bond donors (Lipinski definition) is 0. The van der Waals surface area contributed by atoms with E-state index in [0.717, 1.165) is 42.2 Å². The normalized spacial score (nSPS) is 16.8. The Morgan fingerprint density at radius 1 is 1.00 bits per heavy atom. The van der Waals surface area contributed by atoms with Gasteiger partial charge in [0.1, 0.15) is 11.3 Å². The molecule has 0 saturated carbocycles. The van der Waals surface area contributed by atoms with Crippen molar-refractivity contribution in [3.63, 3.8) is 0 Å². The predicted octanol–water partition coefficient (Wildman–Crippen LogP) is 5.09. The molecule has 5 nitrogen and oxygen atoms in total. The molecule has 0 aliphatic carbocycles. The Bertz CT molecular complexity index is 1090. The number of hydrogen-bond acceptors (Lipinski definition) is 4. The number of aryl methyl sites for hydroxylation is 3. The molecule has 0 spiro atoms. The van der Waals surface area contributed by atoms with Crippen molar-refractivity contribution in [1.82, 2.24) is 24.3 Å². The van der Waals surface area contributed by atoms with Gasteiger partial charge in [-0.05, 0) is 49.9 Å². The van der Waals surface area contributed by atoms with E-state index in [4.69, 9.17) is 9.97 Å². The molecule has 1 atom stereocenters. The van der Waals surface area contributed by atoms with Crippen LogP contribution in [-0.2, 0) is 13.0 Å². The molecule has 4 rings (SSSR count). The van der Waals surface area contributed by atoms with E-state index >= 15 is 0 Å². The molecule has 176 valence electrons. The average molecular weight is 446 g/mol. The summed E-state index contributed by atoms with van der Waals surface area (Å²) in [5.74, 6) is 1.10. The largest absolute Gasteiger partial charge is 0.308 e. The molecule has 3 aromatic rings. The third-order valence-electron chi connectivity index (χ3n) is 7.03. The Kier molecular flexibility index (Phi) is 7.61. The van der Waals surface area contributed by atoms with Crippen LogP contribution in [0.4, 0.5) is 0 Å². The molecule has 1 unspecified atom stereocenters. The van der Waals surface area contributed by atoms with E-state index in [1.54, 1.807) is 0 Å². The summed E-state index contributed by atoms with van der Waals surface area (Å²) in [5.41, 5.74) is 6.82. The second-order valence-electron chi connectivity index (χ2n) is 9.46. The summed E-state index contributed by atoms with van der Waals surface area (Å²) in [6.45, 7) is 17.5. The van der Waals surface area contributed by atoms with Crippen LogP contribution in [0.3, 0.4) is 0 Å². The quantitative estimate of drug-likeness (QED) is 0.484. The molecule has 0 N–H and O–H groups in total. The van der Waals surface area contributed by atoms with Gasteiger partial charge in [-0.15, -0.1) is 0 Å². The topological polar surface area (TPSA) is 37.2 Å². The molecule has 1 aromatic carbocycles. The first kappa shape index (κ1) is 23.7. The summed E-state index contributed by atoms with van der Waals surface area (Å²) in [4.78, 5) is 14.8. The zero-order valence-corrected chi connectivity index (χ0v) is 21.0. The van der Waals surface area contributed by atoms with Gasteiger partial charge in [0, 0.05) is 50.9 Å². The van der Waals surface area contributed by atoms with Gasteiger partial charge in [-0.25, -0.2) is 9.97 Å². The lowest BCUT2D eigenvalue weighted by Gasteiger charge is -2.37. The van der Waals surface area contributed by atoms with Gasteiger partial charge in [0.25, 0.3) is 0 Å². The molecule has 3 heterocycles. The van der Waals surface area contributed by atoms with E-state index < -0.39 is 0 Å². The molecule has 0 amide bonds. The van der Waals surface area contributed by atoms with Crippen LogP contribution in [-0.4, -0.2) is 63.1 Å². The van der Waals surface area contributed by atoms with Gasteiger partial charge in [-0.2, -0.15) is 0 Å². The number of imidazole rings is 1. The van der Waals surface area contributed by atoms with Crippen molar-refractivity contribution < 1.29 is 0 Å². The summed E-state index contributed by atoms with van der Waals surface area (Å²) >= 11 is 0. The maximum Gasteiger partial charge on any atom is 0.160 e. The van der Waals surface area contributed by atoms with E-state index in [2.05, 4.69) is 91.5 Å². The average Bonchev–Trinajstić information content (AvgIpc) is 3.17. The van der Waals surface area contributed by atoms with Crippen LogP contribution in [0.15, 0.2) is 36.4 Å². The lowest BCUT2D eigenvalue weighted by Crippen LogP contribution is -2.49. The van der Waals surface area contributed by atoms with Crippen LogP contribution < -0.4 is 0 Å². The first-order valence-corrected chi connectivity index (χ1v) is 12.5. The van der Waals surface area contributed by atoms with Crippen molar-refractivity contribution in [2.45, 2.75) is 60.0 Å². The molecule has 1 aliphatic rings. The second kappa shape index (κ2) is 10.6. The molecule has 0 radical (unpaired) electrons. The minimum absolute atomic E-state index is 0.707. The molecule has 1 aliphatic heterocycles.